The zero-order valence-electron chi connectivity index (χ0n) is 17.0. The summed E-state index contributed by atoms with van der Waals surface area (Å²) in [5, 5.41) is 12.4. The summed E-state index contributed by atoms with van der Waals surface area (Å²) in [6, 6.07) is 2.18. The Hall–Kier alpha value is -1.92. The molecule has 0 saturated carbocycles. The number of benzene rings is 1. The van der Waals surface area contributed by atoms with Gasteiger partial charge in [-0.3, -0.25) is 4.90 Å². The minimum atomic E-state index is 0.484. The van der Waals surface area contributed by atoms with Crippen LogP contribution in [0.15, 0.2) is 6.07 Å². The largest absolute Gasteiger partial charge is 0.496 e. The maximum absolute atomic E-state index is 5.53. The van der Waals surface area contributed by atoms with Gasteiger partial charge in [0.2, 0.25) is 0 Å². The summed E-state index contributed by atoms with van der Waals surface area (Å²) < 4.78 is 7.88. The Kier molecular flexibility index (Phi) is 5.19. The van der Waals surface area contributed by atoms with E-state index >= 15 is 0 Å². The molecule has 0 unspecified atom stereocenters. The van der Waals surface area contributed by atoms with Gasteiger partial charge in [-0.05, 0) is 68.5 Å². The van der Waals surface area contributed by atoms with Gasteiger partial charge in [0, 0.05) is 32.1 Å². The topological polar surface area (TPSA) is 55.2 Å². The number of nitrogens with one attached hydrogen (secondary N) is 1. The van der Waals surface area contributed by atoms with Crippen LogP contribution in [0.5, 0.6) is 5.75 Å². The predicted molar refractivity (Wildman–Crippen MR) is 106 cm³/mol. The minimum absolute atomic E-state index is 0.484. The molecule has 2 aromatic rings. The Labute approximate surface area is 161 Å². The number of aryl methyl sites for hydroxylation is 1. The van der Waals surface area contributed by atoms with Gasteiger partial charge in [-0.15, -0.1) is 10.2 Å². The molecule has 0 aliphatic carbocycles. The summed E-state index contributed by atoms with van der Waals surface area (Å²) in [5.41, 5.74) is 5.38. The fourth-order valence-electron chi connectivity index (χ4n) is 4.60. The molecule has 1 N–H and O–H groups in total. The summed E-state index contributed by atoms with van der Waals surface area (Å²) in [4.78, 5) is 2.60. The molecule has 6 nitrogen and oxygen atoms in total. The number of hydrogen-bond donors (Lipinski definition) is 1. The van der Waals surface area contributed by atoms with Crippen LogP contribution in [0.2, 0.25) is 0 Å². The van der Waals surface area contributed by atoms with E-state index in [4.69, 9.17) is 4.74 Å². The van der Waals surface area contributed by atoms with Gasteiger partial charge >= 0.3 is 0 Å². The highest BCUT2D eigenvalue weighted by Crippen LogP contribution is 2.31. The van der Waals surface area contributed by atoms with Crippen molar-refractivity contribution in [3.8, 4) is 5.75 Å². The number of aromatic nitrogens is 3. The summed E-state index contributed by atoms with van der Waals surface area (Å²) in [7, 11) is 1.75. The molecule has 0 amide bonds. The maximum atomic E-state index is 5.53. The highest BCUT2D eigenvalue weighted by Gasteiger charge is 2.28. The van der Waals surface area contributed by atoms with E-state index in [1.807, 2.05) is 0 Å². The first-order chi connectivity index (χ1) is 13.1. The number of fused-ring (bicyclic) bond motifs is 1. The van der Waals surface area contributed by atoms with Crippen molar-refractivity contribution in [3.05, 3.63) is 40.0 Å². The van der Waals surface area contributed by atoms with Crippen LogP contribution in [0, 0.1) is 20.8 Å². The van der Waals surface area contributed by atoms with Crippen molar-refractivity contribution >= 4 is 0 Å². The molecule has 0 spiro atoms. The fourth-order valence-corrected chi connectivity index (χ4v) is 4.60. The standard InChI is InChI=1S/C21H31N5O/c1-14-10-19(27-4)16(3)15(2)18(14)13-25-8-5-6-17(12-25)21-24-23-20-11-22-7-9-26(20)21/h10,17,22H,5-9,11-13H2,1-4H3/t17-/m0/s1. The number of methoxy groups -OCH3 is 1. The molecule has 2 aliphatic heterocycles. The molecule has 4 rings (SSSR count). The van der Waals surface area contributed by atoms with E-state index in [9.17, 15) is 0 Å². The number of rotatable bonds is 4. The average molecular weight is 370 g/mol. The van der Waals surface area contributed by atoms with Crippen LogP contribution >= 0.6 is 0 Å². The van der Waals surface area contributed by atoms with Crippen LogP contribution in [0.3, 0.4) is 0 Å². The number of nitrogens with zero attached hydrogens (tertiary/aromatic N) is 4. The normalized spacial score (nSPS) is 20.5. The van der Waals surface area contributed by atoms with Crippen LogP contribution in [-0.2, 0) is 19.6 Å². The van der Waals surface area contributed by atoms with Gasteiger partial charge in [-0.2, -0.15) is 0 Å². The van der Waals surface area contributed by atoms with Crippen LogP contribution in [0.4, 0.5) is 0 Å². The van der Waals surface area contributed by atoms with E-state index in [0.717, 1.165) is 50.8 Å². The smallest absolute Gasteiger partial charge is 0.147 e. The molecule has 146 valence electrons. The molecule has 6 heteroatoms. The zero-order valence-corrected chi connectivity index (χ0v) is 17.0. The van der Waals surface area contributed by atoms with Crippen molar-refractivity contribution in [1.82, 2.24) is 25.0 Å². The van der Waals surface area contributed by atoms with Gasteiger partial charge in [-0.1, -0.05) is 0 Å². The number of ether oxygens (including phenoxy) is 1. The Morgan fingerprint density at radius 1 is 1.19 bits per heavy atom. The van der Waals surface area contributed by atoms with Crippen molar-refractivity contribution < 1.29 is 4.74 Å². The van der Waals surface area contributed by atoms with Gasteiger partial charge in [-0.25, -0.2) is 0 Å². The van der Waals surface area contributed by atoms with E-state index in [0.29, 0.717) is 5.92 Å². The molecule has 0 bridgehead atoms. The van der Waals surface area contributed by atoms with Gasteiger partial charge in [0.05, 0.1) is 13.7 Å². The predicted octanol–water partition coefficient (Wildman–Crippen LogP) is 2.69. The second-order valence-electron chi connectivity index (χ2n) is 8.00. The van der Waals surface area contributed by atoms with E-state index in [2.05, 4.69) is 51.8 Å². The van der Waals surface area contributed by atoms with Gasteiger partial charge < -0.3 is 14.6 Å². The van der Waals surface area contributed by atoms with E-state index in [1.165, 1.54) is 40.9 Å². The quantitative estimate of drug-likeness (QED) is 0.898. The third-order valence-corrected chi connectivity index (χ3v) is 6.33. The van der Waals surface area contributed by atoms with Gasteiger partial charge in [0.1, 0.15) is 17.4 Å². The molecular formula is C21H31N5O. The fraction of sp³-hybridized carbons (Fsp3) is 0.619. The summed E-state index contributed by atoms with van der Waals surface area (Å²) in [6.07, 6.45) is 2.43. The van der Waals surface area contributed by atoms with Gasteiger partial charge in [0.15, 0.2) is 0 Å². The van der Waals surface area contributed by atoms with Crippen LogP contribution < -0.4 is 10.1 Å². The second kappa shape index (κ2) is 7.60. The lowest BCUT2D eigenvalue weighted by Crippen LogP contribution is -2.36. The van der Waals surface area contributed by atoms with E-state index in [-0.39, 0.29) is 0 Å². The van der Waals surface area contributed by atoms with E-state index in [1.54, 1.807) is 7.11 Å². The molecule has 1 saturated heterocycles. The molecule has 1 fully saturated rings. The lowest BCUT2D eigenvalue weighted by Gasteiger charge is -2.33. The number of piperidine rings is 1. The summed E-state index contributed by atoms with van der Waals surface area (Å²) in [6.45, 7) is 12.7. The summed E-state index contributed by atoms with van der Waals surface area (Å²) >= 11 is 0. The lowest BCUT2D eigenvalue weighted by atomic mass is 9.93. The van der Waals surface area contributed by atoms with Crippen LogP contribution in [-0.4, -0.2) is 46.4 Å². The Bertz CT molecular complexity index is 828. The molecule has 0 radical (unpaired) electrons. The molecule has 1 atom stereocenters. The zero-order chi connectivity index (χ0) is 19.0. The summed E-state index contributed by atoms with van der Waals surface area (Å²) in [5.74, 6) is 3.76. The highest BCUT2D eigenvalue weighted by molar-refractivity contribution is 5.48. The molecule has 2 aliphatic rings. The molecule has 1 aromatic carbocycles. The number of likely N-dealkylation sites (tertiary alicyclic amines) is 1. The first kappa shape index (κ1) is 18.4. The highest BCUT2D eigenvalue weighted by atomic mass is 16.5. The maximum Gasteiger partial charge on any atom is 0.147 e. The van der Waals surface area contributed by atoms with Gasteiger partial charge in [0.25, 0.3) is 0 Å². The van der Waals surface area contributed by atoms with E-state index < -0.39 is 0 Å². The second-order valence-corrected chi connectivity index (χ2v) is 8.00. The third kappa shape index (κ3) is 3.48. The van der Waals surface area contributed by atoms with Crippen LogP contribution in [0.25, 0.3) is 0 Å². The molecular weight excluding hydrogens is 338 g/mol. The lowest BCUT2D eigenvalue weighted by molar-refractivity contribution is 0.193. The molecule has 1 aromatic heterocycles. The Morgan fingerprint density at radius 2 is 2.04 bits per heavy atom. The van der Waals surface area contributed by atoms with Crippen molar-refractivity contribution in [1.29, 1.82) is 0 Å². The SMILES string of the molecule is COc1cc(C)c(CN2CCC[C@H](c3nnc4n3CCNC4)C2)c(C)c1C. The Balaban J connectivity index is 1.53. The first-order valence-corrected chi connectivity index (χ1v) is 10.1. The monoisotopic (exact) mass is 369 g/mol. The first-order valence-electron chi connectivity index (χ1n) is 10.1. The van der Waals surface area contributed by atoms with Crippen LogP contribution in [0.1, 0.15) is 52.7 Å². The van der Waals surface area contributed by atoms with Crippen molar-refractivity contribution in [2.24, 2.45) is 0 Å². The van der Waals surface area contributed by atoms with Crippen molar-refractivity contribution in [2.75, 3.05) is 26.7 Å². The van der Waals surface area contributed by atoms with Crippen molar-refractivity contribution in [3.63, 3.8) is 0 Å². The number of hydrogen-bond acceptors (Lipinski definition) is 5. The molecule has 3 heterocycles. The minimum Gasteiger partial charge on any atom is -0.496 e. The third-order valence-electron chi connectivity index (χ3n) is 6.33. The average Bonchev–Trinajstić information content (AvgIpc) is 3.12. The Morgan fingerprint density at radius 3 is 2.85 bits per heavy atom. The molecule has 27 heavy (non-hydrogen) atoms. The van der Waals surface area contributed by atoms with Crippen molar-refractivity contribution in [2.45, 2.75) is 59.2 Å².